The van der Waals surface area contributed by atoms with Crippen LogP contribution in [0.1, 0.15) is 32.6 Å². The van der Waals surface area contributed by atoms with Gasteiger partial charge in [-0.2, -0.15) is 0 Å². The lowest BCUT2D eigenvalue weighted by molar-refractivity contribution is -0.142. The van der Waals surface area contributed by atoms with Crippen LogP contribution < -0.4 is 11.1 Å². The minimum atomic E-state index is -1.17. The summed E-state index contributed by atoms with van der Waals surface area (Å²) in [5.41, 5.74) is 5.00. The first-order valence-electron chi connectivity index (χ1n) is 6.49. The van der Waals surface area contributed by atoms with Crippen molar-refractivity contribution in [1.82, 2.24) is 5.32 Å². The number of aliphatic carboxylic acids is 4. The van der Waals surface area contributed by atoms with E-state index in [1.807, 2.05) is 0 Å². The van der Waals surface area contributed by atoms with Crippen LogP contribution in [0.25, 0.3) is 0 Å². The molecule has 0 aromatic heterocycles. The molecule has 0 fully saturated rings. The largest absolute Gasteiger partial charge is 0.481 e. The molecule has 0 aliphatic rings. The summed E-state index contributed by atoms with van der Waals surface area (Å²) in [5, 5.41) is 35.8. The summed E-state index contributed by atoms with van der Waals surface area (Å²) in [6.07, 6.45) is -0.222. The highest BCUT2D eigenvalue weighted by Gasteiger charge is 2.16. The quantitative estimate of drug-likeness (QED) is 0.296. The Balaban J connectivity index is 0. The van der Waals surface area contributed by atoms with Crippen molar-refractivity contribution in [3.63, 3.8) is 0 Å². The lowest BCUT2D eigenvalue weighted by Gasteiger charge is -2.10. The maximum absolute atomic E-state index is 10.4. The molecule has 0 spiro atoms. The fraction of sp³-hybridized carbons (Fsp3) is 0.667. The molecule has 22 heavy (non-hydrogen) atoms. The van der Waals surface area contributed by atoms with Gasteiger partial charge in [0.15, 0.2) is 0 Å². The molecule has 2 unspecified atom stereocenters. The van der Waals surface area contributed by atoms with Gasteiger partial charge in [0, 0.05) is 12.8 Å². The molecule has 0 radical (unpaired) electrons. The molecule has 0 aromatic rings. The molecule has 0 aliphatic heterocycles. The number of nitrogens with one attached hydrogen (secondary N) is 1. The molecule has 0 heterocycles. The second-order valence-corrected chi connectivity index (χ2v) is 4.26. The van der Waals surface area contributed by atoms with E-state index in [2.05, 4.69) is 5.32 Å². The summed E-state index contributed by atoms with van der Waals surface area (Å²) in [5.74, 6) is -4.17. The number of carboxylic acids is 4. The Morgan fingerprint density at radius 1 is 0.909 bits per heavy atom. The minimum Gasteiger partial charge on any atom is -0.481 e. The number of hydrogen-bond donors (Lipinski definition) is 6. The molecule has 0 aliphatic carbocycles. The highest BCUT2D eigenvalue weighted by molar-refractivity contribution is 5.75. The van der Waals surface area contributed by atoms with E-state index in [1.54, 1.807) is 6.92 Å². The van der Waals surface area contributed by atoms with E-state index in [0.717, 1.165) is 0 Å². The number of hydrogen-bond acceptors (Lipinski definition) is 6. The van der Waals surface area contributed by atoms with Gasteiger partial charge < -0.3 is 31.5 Å². The Morgan fingerprint density at radius 3 is 1.68 bits per heavy atom. The van der Waals surface area contributed by atoms with Crippen molar-refractivity contribution in [2.45, 2.75) is 44.7 Å². The van der Waals surface area contributed by atoms with Gasteiger partial charge in [-0.05, 0) is 19.4 Å². The summed E-state index contributed by atoms with van der Waals surface area (Å²) >= 11 is 0. The first kappa shape index (κ1) is 22.1. The molecular weight excluding hydrogens is 300 g/mol. The highest BCUT2D eigenvalue weighted by Crippen LogP contribution is 1.97. The number of carbonyl (C=O) groups is 4. The maximum atomic E-state index is 10.4. The van der Waals surface area contributed by atoms with Gasteiger partial charge >= 0.3 is 23.9 Å². The van der Waals surface area contributed by atoms with E-state index in [4.69, 9.17) is 26.2 Å². The SMILES string of the molecule is CCNC(CCC(=O)O)C(=O)O.NC(CCC(=O)O)C(=O)O. The van der Waals surface area contributed by atoms with Crippen LogP contribution in [0.4, 0.5) is 0 Å². The molecule has 0 amide bonds. The van der Waals surface area contributed by atoms with E-state index < -0.39 is 36.0 Å². The summed E-state index contributed by atoms with van der Waals surface area (Å²) in [7, 11) is 0. The number of carboxylic acid groups (broad SMARTS) is 4. The van der Waals surface area contributed by atoms with Gasteiger partial charge in [-0.25, -0.2) is 0 Å². The van der Waals surface area contributed by atoms with Crippen LogP contribution in [0.5, 0.6) is 0 Å². The van der Waals surface area contributed by atoms with Gasteiger partial charge in [0.1, 0.15) is 12.1 Å². The van der Waals surface area contributed by atoms with Crippen molar-refractivity contribution in [3.05, 3.63) is 0 Å². The summed E-state index contributed by atoms with van der Waals surface area (Å²) in [6.45, 7) is 2.30. The van der Waals surface area contributed by atoms with Gasteiger partial charge in [0.25, 0.3) is 0 Å². The molecule has 10 nitrogen and oxygen atoms in total. The maximum Gasteiger partial charge on any atom is 0.320 e. The van der Waals surface area contributed by atoms with Gasteiger partial charge in [0.2, 0.25) is 0 Å². The average Bonchev–Trinajstić information content (AvgIpc) is 2.40. The van der Waals surface area contributed by atoms with Crippen LogP contribution in [0.2, 0.25) is 0 Å². The predicted octanol–water partition coefficient (Wildman–Crippen LogP) is -0.823. The minimum absolute atomic E-state index is 0.0231. The smallest absolute Gasteiger partial charge is 0.320 e. The zero-order valence-electron chi connectivity index (χ0n) is 12.2. The standard InChI is InChI=1S/C7H13NO4.C5H9NO4/c1-2-8-5(7(11)12)3-4-6(9)10;6-3(5(9)10)1-2-4(7)8/h5,8H,2-4H2,1H3,(H,9,10)(H,11,12);3H,1-2,6H2,(H,7,8)(H,9,10). The van der Waals surface area contributed by atoms with Crippen LogP contribution in [0.3, 0.4) is 0 Å². The van der Waals surface area contributed by atoms with Crippen LogP contribution in [0, 0.1) is 0 Å². The summed E-state index contributed by atoms with van der Waals surface area (Å²) in [6, 6.07) is -1.80. The predicted molar refractivity (Wildman–Crippen MR) is 74.5 cm³/mol. The van der Waals surface area contributed by atoms with Gasteiger partial charge in [0.05, 0.1) is 0 Å². The van der Waals surface area contributed by atoms with Crippen molar-refractivity contribution < 1.29 is 39.6 Å². The summed E-state index contributed by atoms with van der Waals surface area (Å²) < 4.78 is 0. The first-order valence-corrected chi connectivity index (χ1v) is 6.49. The molecule has 7 N–H and O–H groups in total. The second-order valence-electron chi connectivity index (χ2n) is 4.26. The van der Waals surface area contributed by atoms with E-state index in [0.29, 0.717) is 6.54 Å². The third-order valence-electron chi connectivity index (χ3n) is 2.38. The monoisotopic (exact) mass is 322 g/mol. The molecule has 2 atom stereocenters. The summed E-state index contributed by atoms with van der Waals surface area (Å²) in [4.78, 5) is 40.4. The Morgan fingerprint density at radius 2 is 1.36 bits per heavy atom. The Hall–Kier alpha value is -2.20. The highest BCUT2D eigenvalue weighted by atomic mass is 16.4. The van der Waals surface area contributed by atoms with Crippen LogP contribution in [-0.4, -0.2) is 62.9 Å². The molecule has 10 heteroatoms. The molecule has 0 rings (SSSR count). The van der Waals surface area contributed by atoms with Crippen LogP contribution in [0.15, 0.2) is 0 Å². The zero-order valence-corrected chi connectivity index (χ0v) is 12.2. The van der Waals surface area contributed by atoms with Crippen LogP contribution in [-0.2, 0) is 19.2 Å². The number of likely N-dealkylation sites (N-methyl/N-ethyl adjacent to an activating group) is 1. The van der Waals surface area contributed by atoms with Crippen molar-refractivity contribution in [2.24, 2.45) is 5.73 Å². The molecule has 128 valence electrons. The van der Waals surface area contributed by atoms with Crippen molar-refractivity contribution in [3.8, 4) is 0 Å². The molecule has 0 bridgehead atoms. The van der Waals surface area contributed by atoms with E-state index in [-0.39, 0.29) is 25.7 Å². The normalized spacial score (nSPS) is 12.5. The van der Waals surface area contributed by atoms with Crippen LogP contribution >= 0.6 is 0 Å². The van der Waals surface area contributed by atoms with Gasteiger partial charge in [-0.3, -0.25) is 19.2 Å². The zero-order chi connectivity index (χ0) is 17.7. The second kappa shape index (κ2) is 12.5. The molecule has 0 saturated heterocycles. The topological polar surface area (TPSA) is 187 Å². The first-order chi connectivity index (χ1) is 10.1. The molecular formula is C12H22N2O8. The lowest BCUT2D eigenvalue weighted by atomic mass is 10.1. The fourth-order valence-corrected chi connectivity index (χ4v) is 1.23. The van der Waals surface area contributed by atoms with E-state index in [1.165, 1.54) is 0 Å². The van der Waals surface area contributed by atoms with Crippen molar-refractivity contribution >= 4 is 23.9 Å². The number of nitrogens with two attached hydrogens (primary N) is 1. The van der Waals surface area contributed by atoms with Crippen molar-refractivity contribution in [1.29, 1.82) is 0 Å². The molecule has 0 aromatic carbocycles. The number of rotatable bonds is 10. The van der Waals surface area contributed by atoms with E-state index >= 15 is 0 Å². The third kappa shape index (κ3) is 14.2. The fourth-order valence-electron chi connectivity index (χ4n) is 1.23. The Kier molecular flexibility index (Phi) is 12.6. The third-order valence-corrected chi connectivity index (χ3v) is 2.38. The Bertz CT molecular complexity index is 385. The molecule has 0 saturated carbocycles. The van der Waals surface area contributed by atoms with Gasteiger partial charge in [-0.1, -0.05) is 6.92 Å². The van der Waals surface area contributed by atoms with E-state index in [9.17, 15) is 19.2 Å². The van der Waals surface area contributed by atoms with Gasteiger partial charge in [-0.15, -0.1) is 0 Å². The average molecular weight is 322 g/mol. The van der Waals surface area contributed by atoms with Crippen molar-refractivity contribution in [2.75, 3.05) is 6.54 Å². The lowest BCUT2D eigenvalue weighted by Crippen LogP contribution is -2.36. The Labute approximate surface area is 126 Å².